The summed E-state index contributed by atoms with van der Waals surface area (Å²) in [7, 11) is 3.89. The highest BCUT2D eigenvalue weighted by Crippen LogP contribution is 2.14. The number of carbonyl (C=O) groups is 1. The highest BCUT2D eigenvalue weighted by Gasteiger charge is 2.20. The summed E-state index contributed by atoms with van der Waals surface area (Å²) >= 11 is 0. The number of hydrogen-bond donors (Lipinski definition) is 3. The zero-order chi connectivity index (χ0) is 22.1. The molecule has 1 saturated heterocycles. The van der Waals surface area contributed by atoms with E-state index in [1.165, 1.54) is 11.1 Å². The van der Waals surface area contributed by atoms with Gasteiger partial charge < -0.3 is 20.8 Å². The van der Waals surface area contributed by atoms with Crippen molar-refractivity contribution in [1.82, 2.24) is 20.4 Å². The molecule has 1 aromatic carbocycles. The van der Waals surface area contributed by atoms with E-state index in [1.54, 1.807) is 13.3 Å². The third-order valence-corrected chi connectivity index (χ3v) is 5.54. The van der Waals surface area contributed by atoms with E-state index in [0.717, 1.165) is 50.7 Å². The average molecular weight is 554 g/mol. The molecule has 1 aromatic heterocycles. The molecule has 4 N–H and O–H groups in total. The lowest BCUT2D eigenvalue weighted by Gasteiger charge is -2.32. The third-order valence-electron chi connectivity index (χ3n) is 5.54. The topological polar surface area (TPSA) is 99.1 Å². The number of rotatable bonds is 9. The van der Waals surface area contributed by atoms with Crippen molar-refractivity contribution >= 4 is 35.8 Å². The Morgan fingerprint density at radius 1 is 1.19 bits per heavy atom. The number of nitrogens with one attached hydrogen (secondary N) is 2. The van der Waals surface area contributed by atoms with E-state index in [1.807, 2.05) is 12.1 Å². The van der Waals surface area contributed by atoms with Crippen LogP contribution < -0.4 is 16.4 Å². The van der Waals surface area contributed by atoms with Crippen LogP contribution >= 0.6 is 24.0 Å². The molecule has 9 heteroatoms. The van der Waals surface area contributed by atoms with Crippen molar-refractivity contribution in [2.24, 2.45) is 10.7 Å². The van der Waals surface area contributed by atoms with Crippen LogP contribution in [0.15, 0.2) is 52.1 Å². The molecular formula is C23H35IN6O2. The number of likely N-dealkylation sites (tertiary alicyclic amines) is 1. The molecule has 0 atom stereocenters. The standard InChI is InChI=1S/C23H34N6O2.HI/c1-25-23(27-20-9-11-29(12-10-20)17-22(24)30)26-14-18-6-3-4-7-19(18)15-28(2)16-21-8-5-13-31-21;/h3-8,13,20H,9-12,14-17H2,1-2H3,(H2,24,30)(H2,25,26,27);1H. The Morgan fingerprint density at radius 3 is 2.53 bits per heavy atom. The Bertz CT molecular complexity index is 850. The molecule has 0 saturated carbocycles. The minimum Gasteiger partial charge on any atom is -0.468 e. The molecule has 0 unspecified atom stereocenters. The lowest BCUT2D eigenvalue weighted by Crippen LogP contribution is -2.49. The summed E-state index contributed by atoms with van der Waals surface area (Å²) in [5.74, 6) is 1.49. The number of benzene rings is 1. The minimum absolute atomic E-state index is 0. The Balaban J connectivity index is 0.00000363. The van der Waals surface area contributed by atoms with Crippen LogP contribution in [0.4, 0.5) is 0 Å². The number of piperidine rings is 1. The van der Waals surface area contributed by atoms with Gasteiger partial charge in [-0.25, -0.2) is 0 Å². The largest absolute Gasteiger partial charge is 0.468 e. The van der Waals surface area contributed by atoms with Crippen molar-refractivity contribution in [3.05, 3.63) is 59.5 Å². The molecule has 32 heavy (non-hydrogen) atoms. The normalized spacial score (nSPS) is 15.4. The maximum Gasteiger partial charge on any atom is 0.231 e. The summed E-state index contributed by atoms with van der Waals surface area (Å²) in [6.07, 6.45) is 3.63. The number of nitrogens with two attached hydrogens (primary N) is 1. The van der Waals surface area contributed by atoms with Crippen molar-refractivity contribution < 1.29 is 9.21 Å². The number of hydrogen-bond acceptors (Lipinski definition) is 5. The van der Waals surface area contributed by atoms with Crippen LogP contribution in [0.1, 0.15) is 29.7 Å². The lowest BCUT2D eigenvalue weighted by atomic mass is 10.1. The van der Waals surface area contributed by atoms with Gasteiger partial charge in [0.05, 0.1) is 19.4 Å². The van der Waals surface area contributed by atoms with Gasteiger partial charge in [-0.2, -0.15) is 0 Å². The van der Waals surface area contributed by atoms with E-state index >= 15 is 0 Å². The number of halogens is 1. The fraction of sp³-hybridized carbons (Fsp3) is 0.478. The number of furan rings is 1. The molecular weight excluding hydrogens is 519 g/mol. The van der Waals surface area contributed by atoms with Crippen molar-refractivity contribution in [1.29, 1.82) is 0 Å². The molecule has 1 aliphatic rings. The predicted molar refractivity (Wildman–Crippen MR) is 138 cm³/mol. The highest BCUT2D eigenvalue weighted by molar-refractivity contribution is 14.0. The second-order valence-electron chi connectivity index (χ2n) is 8.11. The van der Waals surface area contributed by atoms with Gasteiger partial charge in [0, 0.05) is 39.3 Å². The number of aliphatic imine (C=N–C) groups is 1. The predicted octanol–water partition coefficient (Wildman–Crippen LogP) is 2.14. The van der Waals surface area contributed by atoms with Gasteiger partial charge in [0.15, 0.2) is 5.96 Å². The molecule has 8 nitrogen and oxygen atoms in total. The van der Waals surface area contributed by atoms with Gasteiger partial charge >= 0.3 is 0 Å². The van der Waals surface area contributed by atoms with Gasteiger partial charge in [0.25, 0.3) is 0 Å². The van der Waals surface area contributed by atoms with Gasteiger partial charge in [-0.3, -0.25) is 19.6 Å². The third kappa shape index (κ3) is 8.44. The van der Waals surface area contributed by atoms with E-state index in [2.05, 4.69) is 56.7 Å². The van der Waals surface area contributed by atoms with Gasteiger partial charge in [-0.05, 0) is 43.1 Å². The van der Waals surface area contributed by atoms with E-state index in [9.17, 15) is 4.79 Å². The van der Waals surface area contributed by atoms with Crippen LogP contribution in [0.2, 0.25) is 0 Å². The highest BCUT2D eigenvalue weighted by atomic mass is 127. The molecule has 1 fully saturated rings. The van der Waals surface area contributed by atoms with Gasteiger partial charge in [0.2, 0.25) is 5.91 Å². The van der Waals surface area contributed by atoms with E-state index < -0.39 is 0 Å². The summed E-state index contributed by atoms with van der Waals surface area (Å²) in [6.45, 7) is 4.37. The summed E-state index contributed by atoms with van der Waals surface area (Å²) in [5, 5.41) is 6.96. The zero-order valence-electron chi connectivity index (χ0n) is 18.9. The Kier molecular flexibility index (Phi) is 11.0. The molecule has 2 heterocycles. The van der Waals surface area contributed by atoms with Crippen LogP contribution in [0.3, 0.4) is 0 Å². The fourth-order valence-corrected chi connectivity index (χ4v) is 3.92. The second-order valence-corrected chi connectivity index (χ2v) is 8.11. The van der Waals surface area contributed by atoms with E-state index in [4.69, 9.17) is 10.2 Å². The lowest BCUT2D eigenvalue weighted by molar-refractivity contribution is -0.119. The van der Waals surface area contributed by atoms with Gasteiger partial charge in [-0.15, -0.1) is 24.0 Å². The van der Waals surface area contributed by atoms with Crippen LogP contribution in [0.25, 0.3) is 0 Å². The van der Waals surface area contributed by atoms with Crippen LogP contribution in [-0.2, 0) is 24.4 Å². The first kappa shape index (κ1) is 26.1. The van der Waals surface area contributed by atoms with Crippen molar-refractivity contribution in [2.75, 3.05) is 33.7 Å². The number of primary amides is 1. The second kappa shape index (κ2) is 13.4. The number of guanidine groups is 1. The smallest absolute Gasteiger partial charge is 0.231 e. The molecule has 2 aromatic rings. The summed E-state index contributed by atoms with van der Waals surface area (Å²) < 4.78 is 5.46. The molecule has 1 amide bonds. The first-order chi connectivity index (χ1) is 15.0. The van der Waals surface area contributed by atoms with Crippen molar-refractivity contribution in [3.8, 4) is 0 Å². The summed E-state index contributed by atoms with van der Waals surface area (Å²) in [5.41, 5.74) is 7.82. The maximum atomic E-state index is 11.1. The molecule has 0 radical (unpaired) electrons. The fourth-order valence-electron chi connectivity index (χ4n) is 3.92. The van der Waals surface area contributed by atoms with Crippen LogP contribution in [0.5, 0.6) is 0 Å². The quantitative estimate of drug-likeness (QED) is 0.250. The van der Waals surface area contributed by atoms with Crippen LogP contribution in [0, 0.1) is 0 Å². The van der Waals surface area contributed by atoms with E-state index in [0.29, 0.717) is 19.1 Å². The van der Waals surface area contributed by atoms with Gasteiger partial charge in [-0.1, -0.05) is 24.3 Å². The molecule has 3 rings (SSSR count). The number of carbonyl (C=O) groups excluding carboxylic acids is 1. The average Bonchev–Trinajstić information content (AvgIpc) is 3.25. The monoisotopic (exact) mass is 554 g/mol. The molecule has 176 valence electrons. The van der Waals surface area contributed by atoms with Gasteiger partial charge in [0.1, 0.15) is 5.76 Å². The Labute approximate surface area is 207 Å². The zero-order valence-corrected chi connectivity index (χ0v) is 21.2. The Morgan fingerprint density at radius 2 is 1.91 bits per heavy atom. The van der Waals surface area contributed by atoms with Crippen molar-refractivity contribution in [2.45, 2.75) is 38.5 Å². The van der Waals surface area contributed by atoms with E-state index in [-0.39, 0.29) is 29.9 Å². The SMILES string of the molecule is CN=C(NCc1ccccc1CN(C)Cc1ccco1)NC1CCN(CC(N)=O)CC1.I. The van der Waals surface area contributed by atoms with Crippen LogP contribution in [-0.4, -0.2) is 61.4 Å². The molecule has 1 aliphatic heterocycles. The summed E-state index contributed by atoms with van der Waals surface area (Å²) in [6, 6.07) is 12.7. The first-order valence-electron chi connectivity index (χ1n) is 10.8. The minimum atomic E-state index is -0.266. The number of amides is 1. The number of nitrogens with zero attached hydrogens (tertiary/aromatic N) is 3. The molecule has 0 aliphatic carbocycles. The maximum absolute atomic E-state index is 11.1. The Hall–Kier alpha value is -2.11. The molecule has 0 spiro atoms. The summed E-state index contributed by atoms with van der Waals surface area (Å²) in [4.78, 5) is 19.8. The van der Waals surface area contributed by atoms with Crippen molar-refractivity contribution in [3.63, 3.8) is 0 Å². The first-order valence-corrected chi connectivity index (χ1v) is 10.8. The molecule has 0 bridgehead atoms.